The van der Waals surface area contributed by atoms with E-state index >= 15 is 0 Å². The Morgan fingerprint density at radius 2 is 1.83 bits per heavy atom. The van der Waals surface area contributed by atoms with Crippen LogP contribution in [0.15, 0.2) is 61.2 Å². The van der Waals surface area contributed by atoms with Crippen molar-refractivity contribution in [2.24, 2.45) is 14.1 Å². The summed E-state index contributed by atoms with van der Waals surface area (Å²) in [4.78, 5) is 34.8. The maximum absolute atomic E-state index is 13.1. The molecule has 4 aromatic heterocycles. The van der Waals surface area contributed by atoms with Gasteiger partial charge in [0.05, 0.1) is 29.0 Å². The maximum Gasteiger partial charge on any atom is 0.275 e. The lowest BCUT2D eigenvalue weighted by molar-refractivity contribution is 0.0935. The number of nitrogens with zero attached hydrogens (tertiary/aromatic N) is 7. The third-order valence-corrected chi connectivity index (χ3v) is 5.62. The van der Waals surface area contributed by atoms with Crippen molar-refractivity contribution in [2.45, 2.75) is 6.54 Å². The van der Waals surface area contributed by atoms with E-state index in [0.717, 1.165) is 11.3 Å². The molecular weight excluding hydrogens is 470 g/mol. The van der Waals surface area contributed by atoms with E-state index in [-0.39, 0.29) is 17.8 Å². The number of amides is 2. The van der Waals surface area contributed by atoms with E-state index in [1.165, 1.54) is 10.9 Å². The predicted molar refractivity (Wildman–Crippen MR) is 129 cm³/mol. The van der Waals surface area contributed by atoms with Crippen LogP contribution in [0.3, 0.4) is 0 Å². The molecule has 5 rings (SSSR count). The number of aryl methyl sites for hydroxylation is 2. The third-order valence-electron chi connectivity index (χ3n) is 5.31. The second-order valence-electron chi connectivity index (χ2n) is 7.78. The van der Waals surface area contributed by atoms with E-state index in [0.29, 0.717) is 22.3 Å². The molecule has 35 heavy (non-hydrogen) atoms. The van der Waals surface area contributed by atoms with Gasteiger partial charge in [0.25, 0.3) is 11.8 Å². The van der Waals surface area contributed by atoms with Crippen molar-refractivity contribution in [1.82, 2.24) is 39.2 Å². The van der Waals surface area contributed by atoms with Crippen LogP contribution >= 0.6 is 11.6 Å². The minimum absolute atomic E-state index is 0.0876. The first-order valence-corrected chi connectivity index (χ1v) is 11.0. The van der Waals surface area contributed by atoms with Crippen molar-refractivity contribution in [3.8, 4) is 11.3 Å². The number of rotatable bonds is 6. The van der Waals surface area contributed by atoms with Crippen molar-refractivity contribution in [3.05, 3.63) is 83.2 Å². The average Bonchev–Trinajstić information content (AvgIpc) is 3.53. The van der Waals surface area contributed by atoms with Gasteiger partial charge in [-0.05, 0) is 6.07 Å². The lowest BCUT2D eigenvalue weighted by Crippen LogP contribution is -2.27. The summed E-state index contributed by atoms with van der Waals surface area (Å²) in [6, 6.07) is 11.4. The van der Waals surface area contributed by atoms with Crippen molar-refractivity contribution in [3.63, 3.8) is 0 Å². The molecule has 0 aliphatic heterocycles. The number of carbonyl (C=O) groups excluding carboxylic acids is 2. The van der Waals surface area contributed by atoms with Gasteiger partial charge in [0.2, 0.25) is 5.78 Å². The van der Waals surface area contributed by atoms with E-state index in [2.05, 4.69) is 30.8 Å². The van der Waals surface area contributed by atoms with Crippen LogP contribution in [0.2, 0.25) is 5.02 Å². The van der Waals surface area contributed by atoms with Crippen molar-refractivity contribution in [2.75, 3.05) is 5.32 Å². The lowest BCUT2D eigenvalue weighted by atomic mass is 10.2. The highest BCUT2D eigenvalue weighted by Crippen LogP contribution is 2.19. The van der Waals surface area contributed by atoms with Crippen molar-refractivity contribution >= 4 is 35.0 Å². The van der Waals surface area contributed by atoms with Crippen LogP contribution in [0.5, 0.6) is 0 Å². The van der Waals surface area contributed by atoms with E-state index in [1.807, 2.05) is 36.5 Å². The van der Waals surface area contributed by atoms with Gasteiger partial charge in [-0.1, -0.05) is 41.9 Å². The molecule has 0 saturated carbocycles. The summed E-state index contributed by atoms with van der Waals surface area (Å²) < 4.78 is 4.66. The van der Waals surface area contributed by atoms with E-state index in [4.69, 9.17) is 11.6 Å². The minimum Gasteiger partial charge on any atom is -0.346 e. The van der Waals surface area contributed by atoms with Gasteiger partial charge >= 0.3 is 0 Å². The second kappa shape index (κ2) is 9.03. The first kappa shape index (κ1) is 22.3. The molecule has 5 aromatic rings. The Hall–Kier alpha value is -4.51. The van der Waals surface area contributed by atoms with Gasteiger partial charge in [-0.3, -0.25) is 23.4 Å². The quantitative estimate of drug-likeness (QED) is 0.378. The molecule has 0 atom stereocenters. The highest BCUT2D eigenvalue weighted by Gasteiger charge is 2.23. The molecule has 12 heteroatoms. The smallest absolute Gasteiger partial charge is 0.275 e. The van der Waals surface area contributed by atoms with Crippen molar-refractivity contribution in [1.29, 1.82) is 0 Å². The number of nitrogens with one attached hydrogen (secondary N) is 2. The summed E-state index contributed by atoms with van der Waals surface area (Å²) in [5.74, 6) is -0.288. The summed E-state index contributed by atoms with van der Waals surface area (Å²) in [5.41, 5.74) is 2.45. The Morgan fingerprint density at radius 1 is 1.03 bits per heavy atom. The maximum atomic E-state index is 13.1. The van der Waals surface area contributed by atoms with Gasteiger partial charge in [0, 0.05) is 38.2 Å². The summed E-state index contributed by atoms with van der Waals surface area (Å²) in [5, 5.41) is 14.2. The van der Waals surface area contributed by atoms with E-state index in [9.17, 15) is 9.59 Å². The molecule has 0 spiro atoms. The molecule has 11 nitrogen and oxygen atoms in total. The Balaban J connectivity index is 1.34. The summed E-state index contributed by atoms with van der Waals surface area (Å²) in [6.45, 7) is 0.107. The van der Waals surface area contributed by atoms with Crippen LogP contribution in [0.4, 0.5) is 5.82 Å². The number of halogens is 1. The second-order valence-corrected chi connectivity index (χ2v) is 8.18. The van der Waals surface area contributed by atoms with Gasteiger partial charge in [0.1, 0.15) is 17.2 Å². The molecule has 0 aliphatic rings. The molecule has 0 aliphatic carbocycles. The summed E-state index contributed by atoms with van der Waals surface area (Å²) in [6.07, 6.45) is 6.59. The molecule has 2 amide bonds. The zero-order chi connectivity index (χ0) is 24.5. The Morgan fingerprint density at radius 3 is 2.57 bits per heavy atom. The summed E-state index contributed by atoms with van der Waals surface area (Å²) in [7, 11) is 3.32. The lowest BCUT2D eigenvalue weighted by Gasteiger charge is -2.08. The molecule has 0 fully saturated rings. The Kier molecular flexibility index (Phi) is 5.75. The molecule has 0 saturated heterocycles. The van der Waals surface area contributed by atoms with Crippen LogP contribution in [0, 0.1) is 0 Å². The highest BCUT2D eigenvalue weighted by atomic mass is 35.5. The van der Waals surface area contributed by atoms with Gasteiger partial charge in [-0.15, -0.1) is 0 Å². The van der Waals surface area contributed by atoms with Crippen LogP contribution < -0.4 is 10.6 Å². The Bertz CT molecular complexity index is 1550. The number of hydrogen-bond donors (Lipinski definition) is 2. The zero-order valence-corrected chi connectivity index (χ0v) is 19.6. The van der Waals surface area contributed by atoms with E-state index in [1.54, 1.807) is 41.6 Å². The molecule has 0 unspecified atom stereocenters. The number of aromatic nitrogens is 7. The zero-order valence-electron chi connectivity index (χ0n) is 18.8. The monoisotopic (exact) mass is 489 g/mol. The first-order valence-electron chi connectivity index (χ1n) is 10.6. The topological polar surface area (TPSA) is 124 Å². The molecule has 2 N–H and O–H groups in total. The first-order chi connectivity index (χ1) is 16.9. The minimum atomic E-state index is -0.530. The SMILES string of the molecule is Cn1cc(Cl)c(CNC(=O)c2cnn(C)c2C(=O)Nc2ccn3cc(-c4ccccc4)nc3n2)n1. The number of anilines is 1. The standard InChI is InChI=1S/C23H20ClN9O2/c1-31-12-16(24)17(30-31)11-25-21(34)15-10-26-32(2)20(15)22(35)28-19-8-9-33-13-18(27-23(33)29-19)14-6-4-3-5-7-14/h3-10,12-13H,11H2,1-2H3,(H,25,34)(H,27,28,29,35). The highest BCUT2D eigenvalue weighted by molar-refractivity contribution is 6.31. The third kappa shape index (κ3) is 4.49. The fraction of sp³-hybridized carbons (Fsp3) is 0.130. The number of imidazole rings is 1. The largest absolute Gasteiger partial charge is 0.346 e. The van der Waals surface area contributed by atoms with E-state index < -0.39 is 11.8 Å². The molecule has 0 radical (unpaired) electrons. The molecule has 1 aromatic carbocycles. The average molecular weight is 490 g/mol. The van der Waals surface area contributed by atoms with Gasteiger partial charge < -0.3 is 10.6 Å². The van der Waals surface area contributed by atoms with Crippen molar-refractivity contribution < 1.29 is 9.59 Å². The van der Waals surface area contributed by atoms with Gasteiger partial charge in [0.15, 0.2) is 0 Å². The number of hydrogen-bond acceptors (Lipinski definition) is 6. The summed E-state index contributed by atoms with van der Waals surface area (Å²) >= 11 is 6.10. The molecule has 176 valence electrons. The predicted octanol–water partition coefficient (Wildman–Crippen LogP) is 2.70. The van der Waals surface area contributed by atoms with Crippen LogP contribution in [-0.4, -0.2) is 45.7 Å². The molecule has 0 bridgehead atoms. The van der Waals surface area contributed by atoms with Gasteiger partial charge in [-0.25, -0.2) is 4.98 Å². The number of carbonyl (C=O) groups is 2. The molecular formula is C23H20ClN9O2. The normalized spacial score (nSPS) is 11.1. The molecule has 4 heterocycles. The number of fused-ring (bicyclic) bond motifs is 1. The van der Waals surface area contributed by atoms with Crippen LogP contribution in [0.1, 0.15) is 26.5 Å². The number of benzene rings is 1. The van der Waals surface area contributed by atoms with Crippen LogP contribution in [0.25, 0.3) is 17.0 Å². The van der Waals surface area contributed by atoms with Gasteiger partial charge in [-0.2, -0.15) is 15.2 Å². The Labute approximate surface area is 204 Å². The van der Waals surface area contributed by atoms with Crippen LogP contribution in [-0.2, 0) is 20.6 Å². The fourth-order valence-corrected chi connectivity index (χ4v) is 3.87. The fourth-order valence-electron chi connectivity index (χ4n) is 3.62.